The Morgan fingerprint density at radius 2 is 1.75 bits per heavy atom. The van der Waals surface area contributed by atoms with E-state index in [-0.39, 0.29) is 23.9 Å². The number of carbonyl (C=O) groups is 2. The van der Waals surface area contributed by atoms with Gasteiger partial charge in [0.05, 0.1) is 13.3 Å². The van der Waals surface area contributed by atoms with Crippen molar-refractivity contribution in [2.45, 2.75) is 30.3 Å². The number of amides is 4. The Hall–Kier alpha value is -3.35. The fraction of sp³-hybridized carbons (Fsp3) is 0.286. The van der Waals surface area contributed by atoms with Gasteiger partial charge in [-0.1, -0.05) is 24.3 Å². The minimum Gasteiger partial charge on any atom is -0.497 e. The van der Waals surface area contributed by atoms with Crippen molar-refractivity contribution in [3.8, 4) is 5.75 Å². The molecule has 1 saturated carbocycles. The highest BCUT2D eigenvalue weighted by molar-refractivity contribution is 5.96. The predicted molar refractivity (Wildman–Crippen MR) is 104 cm³/mol. The van der Waals surface area contributed by atoms with E-state index in [0.29, 0.717) is 0 Å². The van der Waals surface area contributed by atoms with Gasteiger partial charge in [-0.2, -0.15) is 5.10 Å². The van der Waals surface area contributed by atoms with Crippen LogP contribution in [0.25, 0.3) is 0 Å². The minimum absolute atomic E-state index is 0.00307. The fourth-order valence-corrected chi connectivity index (χ4v) is 4.72. The molecule has 1 aliphatic heterocycles. The number of urea groups is 2. The Labute approximate surface area is 162 Å². The molecular formula is C21H20N4O3. The summed E-state index contributed by atoms with van der Waals surface area (Å²) in [4.78, 5) is 25.5. The van der Waals surface area contributed by atoms with Gasteiger partial charge in [0.25, 0.3) is 0 Å². The Kier molecular flexibility index (Phi) is 3.82. The Morgan fingerprint density at radius 1 is 1.04 bits per heavy atom. The Morgan fingerprint density at radius 3 is 2.50 bits per heavy atom. The van der Waals surface area contributed by atoms with Crippen LogP contribution >= 0.6 is 0 Å². The number of rotatable bonds is 3. The van der Waals surface area contributed by atoms with Crippen LogP contribution in [-0.2, 0) is 0 Å². The van der Waals surface area contributed by atoms with Crippen molar-refractivity contribution in [2.24, 2.45) is 5.10 Å². The zero-order valence-electron chi connectivity index (χ0n) is 15.3. The zero-order chi connectivity index (χ0) is 19.3. The van der Waals surface area contributed by atoms with Crippen LogP contribution < -0.4 is 15.4 Å². The van der Waals surface area contributed by atoms with Crippen molar-refractivity contribution in [2.75, 3.05) is 7.11 Å². The largest absolute Gasteiger partial charge is 0.497 e. The number of hydrogen-bond donors (Lipinski definition) is 2. The lowest BCUT2D eigenvalue weighted by Crippen LogP contribution is -2.55. The van der Waals surface area contributed by atoms with Crippen molar-refractivity contribution < 1.29 is 14.3 Å². The second-order valence-corrected chi connectivity index (χ2v) is 7.36. The van der Waals surface area contributed by atoms with Gasteiger partial charge in [0.2, 0.25) is 0 Å². The molecule has 3 aliphatic rings. The van der Waals surface area contributed by atoms with Crippen LogP contribution in [-0.4, -0.2) is 42.5 Å². The van der Waals surface area contributed by atoms with Crippen molar-refractivity contribution in [3.05, 3.63) is 65.2 Å². The van der Waals surface area contributed by atoms with E-state index in [9.17, 15) is 9.59 Å². The van der Waals surface area contributed by atoms with E-state index >= 15 is 0 Å². The summed E-state index contributed by atoms with van der Waals surface area (Å²) >= 11 is 0. The zero-order valence-corrected chi connectivity index (χ0v) is 15.3. The van der Waals surface area contributed by atoms with Gasteiger partial charge >= 0.3 is 12.1 Å². The van der Waals surface area contributed by atoms with E-state index in [1.54, 1.807) is 19.2 Å². The summed E-state index contributed by atoms with van der Waals surface area (Å²) in [6, 6.07) is 14.4. The normalized spacial score (nSPS) is 27.8. The van der Waals surface area contributed by atoms with Gasteiger partial charge in [0.15, 0.2) is 0 Å². The molecule has 1 saturated heterocycles. The van der Waals surface area contributed by atoms with E-state index in [1.165, 1.54) is 17.3 Å². The van der Waals surface area contributed by atoms with E-state index in [1.807, 2.05) is 24.3 Å². The van der Waals surface area contributed by atoms with E-state index < -0.39 is 12.1 Å². The van der Waals surface area contributed by atoms with Gasteiger partial charge in [-0.25, -0.2) is 9.59 Å². The SMILES string of the molecule is COc1ccc(/C=N/N2C(=O)N[C@H]3[C@H]4c5ccccc5[C@H]3C[C@@H]4NC2=O)cc1. The van der Waals surface area contributed by atoms with Crippen LogP contribution in [0, 0.1) is 0 Å². The maximum absolute atomic E-state index is 12.8. The van der Waals surface area contributed by atoms with E-state index in [2.05, 4.69) is 27.9 Å². The number of ether oxygens (including phenoxy) is 1. The predicted octanol–water partition coefficient (Wildman–Crippen LogP) is 2.79. The standard InChI is InChI=1S/C21H20N4O3/c1-28-13-8-6-12(7-9-13)11-22-25-20(26)23-17-10-16-14-4-2-3-5-15(14)18(17)19(16)24-21(25)27/h2-9,11,16-19H,10H2,1H3,(H,23,26)(H,24,27)/b22-11+/t16-,17+,18+,19-/m1/s1. The smallest absolute Gasteiger partial charge is 0.346 e. The molecule has 0 unspecified atom stereocenters. The maximum Gasteiger partial charge on any atom is 0.346 e. The molecule has 2 aliphatic carbocycles. The summed E-state index contributed by atoms with van der Waals surface area (Å²) in [5.74, 6) is 1.06. The second kappa shape index (κ2) is 6.37. The quantitative estimate of drug-likeness (QED) is 0.808. The van der Waals surface area contributed by atoms with Crippen LogP contribution in [0.3, 0.4) is 0 Å². The van der Waals surface area contributed by atoms with Crippen molar-refractivity contribution in [3.63, 3.8) is 0 Å². The topological polar surface area (TPSA) is 83.0 Å². The summed E-state index contributed by atoms with van der Waals surface area (Å²) < 4.78 is 5.13. The molecule has 4 atom stereocenters. The molecule has 7 heteroatoms. The summed E-state index contributed by atoms with van der Waals surface area (Å²) in [5, 5.41) is 11.1. The molecule has 2 fully saturated rings. The number of imide groups is 1. The average molecular weight is 376 g/mol. The average Bonchev–Trinajstić information content (AvgIpc) is 3.20. The number of carbonyl (C=O) groups excluding carboxylic acids is 2. The highest BCUT2D eigenvalue weighted by Crippen LogP contribution is 2.53. The molecule has 142 valence electrons. The first-order chi connectivity index (χ1) is 13.7. The highest BCUT2D eigenvalue weighted by atomic mass is 16.5. The van der Waals surface area contributed by atoms with Crippen molar-refractivity contribution in [1.82, 2.24) is 15.6 Å². The molecule has 4 bridgehead atoms. The molecule has 5 rings (SSSR count). The molecule has 2 N–H and O–H groups in total. The lowest BCUT2D eigenvalue weighted by Gasteiger charge is -2.30. The van der Waals surface area contributed by atoms with Gasteiger partial charge in [0.1, 0.15) is 5.75 Å². The van der Waals surface area contributed by atoms with Gasteiger partial charge in [0, 0.05) is 23.9 Å². The lowest BCUT2D eigenvalue weighted by atomic mass is 9.88. The molecule has 0 spiro atoms. The summed E-state index contributed by atoms with van der Waals surface area (Å²) in [6.45, 7) is 0. The van der Waals surface area contributed by atoms with Crippen LogP contribution in [0.5, 0.6) is 5.75 Å². The van der Waals surface area contributed by atoms with Gasteiger partial charge < -0.3 is 15.4 Å². The first-order valence-corrected chi connectivity index (χ1v) is 9.33. The minimum atomic E-state index is -0.504. The molecule has 28 heavy (non-hydrogen) atoms. The molecule has 0 radical (unpaired) electrons. The molecule has 1 heterocycles. The first kappa shape index (κ1) is 16.8. The number of nitrogens with one attached hydrogen (secondary N) is 2. The van der Waals surface area contributed by atoms with Gasteiger partial charge in [-0.05, 0) is 47.4 Å². The summed E-state index contributed by atoms with van der Waals surface area (Å²) in [6.07, 6.45) is 2.32. The second-order valence-electron chi connectivity index (χ2n) is 7.36. The molecule has 4 amide bonds. The van der Waals surface area contributed by atoms with Crippen molar-refractivity contribution in [1.29, 1.82) is 0 Å². The van der Waals surface area contributed by atoms with Gasteiger partial charge in [-0.15, -0.1) is 5.01 Å². The first-order valence-electron chi connectivity index (χ1n) is 9.33. The molecule has 2 aromatic rings. The Bertz CT molecular complexity index is 972. The van der Waals surface area contributed by atoms with Crippen LogP contribution in [0.2, 0.25) is 0 Å². The number of hydrogen-bond acceptors (Lipinski definition) is 4. The third kappa shape index (κ3) is 2.54. The van der Waals surface area contributed by atoms with Crippen LogP contribution in [0.15, 0.2) is 53.6 Å². The summed E-state index contributed by atoms with van der Waals surface area (Å²) in [7, 11) is 1.59. The Balaban J connectivity index is 1.39. The summed E-state index contributed by atoms with van der Waals surface area (Å²) in [5.41, 5.74) is 3.27. The van der Waals surface area contributed by atoms with Crippen LogP contribution in [0.1, 0.15) is 34.9 Å². The molecule has 7 nitrogen and oxygen atoms in total. The number of nitrogens with zero attached hydrogens (tertiary/aromatic N) is 2. The monoisotopic (exact) mass is 376 g/mol. The van der Waals surface area contributed by atoms with E-state index in [0.717, 1.165) is 22.7 Å². The van der Waals surface area contributed by atoms with E-state index in [4.69, 9.17) is 4.74 Å². The third-order valence-corrected chi connectivity index (χ3v) is 5.94. The number of benzene rings is 2. The number of methoxy groups -OCH3 is 1. The fourth-order valence-electron chi connectivity index (χ4n) is 4.72. The van der Waals surface area contributed by atoms with Crippen LogP contribution in [0.4, 0.5) is 9.59 Å². The van der Waals surface area contributed by atoms with Gasteiger partial charge in [-0.3, -0.25) is 0 Å². The number of fused-ring (bicyclic) bond motifs is 2. The highest BCUT2D eigenvalue weighted by Gasteiger charge is 2.54. The maximum atomic E-state index is 12.8. The van der Waals surface area contributed by atoms with Crippen molar-refractivity contribution >= 4 is 18.3 Å². The molecule has 2 aromatic carbocycles. The molecule has 0 aromatic heterocycles. The lowest BCUT2D eigenvalue weighted by molar-refractivity contribution is 0.177. The molecular weight excluding hydrogens is 356 g/mol. The third-order valence-electron chi connectivity index (χ3n) is 5.94. The number of hydrazone groups is 1.